The van der Waals surface area contributed by atoms with Crippen molar-refractivity contribution in [3.05, 3.63) is 54.2 Å². The largest absolute Gasteiger partial charge is 0.416 e. The van der Waals surface area contributed by atoms with Crippen LogP contribution < -0.4 is 10.2 Å². The molecule has 5 nitrogen and oxygen atoms in total. The summed E-state index contributed by atoms with van der Waals surface area (Å²) in [6.07, 6.45) is -1.50. The molecule has 8 heteroatoms. The molecule has 1 saturated heterocycles. The van der Waals surface area contributed by atoms with Crippen molar-refractivity contribution in [2.75, 3.05) is 23.3 Å². The maximum Gasteiger partial charge on any atom is 0.416 e. The SMILES string of the molecule is O=C(Nc1cccc2cn[nH]c12)C1CCN(c2cccc(C(F)(F)F)c2)CC1. The van der Waals surface area contributed by atoms with Gasteiger partial charge in [0.25, 0.3) is 0 Å². The monoisotopic (exact) mass is 388 g/mol. The molecule has 1 fully saturated rings. The molecule has 2 aromatic carbocycles. The number of hydrogen-bond donors (Lipinski definition) is 2. The Bertz CT molecular complexity index is 990. The van der Waals surface area contributed by atoms with Crippen molar-refractivity contribution in [1.29, 1.82) is 0 Å². The maximum atomic E-state index is 12.9. The molecule has 0 atom stereocenters. The number of nitrogens with zero attached hydrogens (tertiary/aromatic N) is 2. The van der Waals surface area contributed by atoms with Crippen LogP contribution in [0.15, 0.2) is 48.7 Å². The van der Waals surface area contributed by atoms with E-state index in [1.807, 2.05) is 23.1 Å². The molecule has 0 spiro atoms. The molecule has 0 bridgehead atoms. The highest BCUT2D eigenvalue weighted by atomic mass is 19.4. The summed E-state index contributed by atoms with van der Waals surface area (Å²) in [7, 11) is 0. The van der Waals surface area contributed by atoms with Crippen LogP contribution >= 0.6 is 0 Å². The quantitative estimate of drug-likeness (QED) is 0.698. The van der Waals surface area contributed by atoms with Gasteiger partial charge in [-0.2, -0.15) is 18.3 Å². The number of H-pyrrole nitrogens is 1. The van der Waals surface area contributed by atoms with Crippen LogP contribution in [0.4, 0.5) is 24.5 Å². The number of aromatic nitrogens is 2. The molecule has 0 aliphatic carbocycles. The smallest absolute Gasteiger partial charge is 0.371 e. The van der Waals surface area contributed by atoms with E-state index in [0.29, 0.717) is 37.3 Å². The molecular weight excluding hydrogens is 369 g/mol. The first-order valence-corrected chi connectivity index (χ1v) is 9.07. The predicted octanol–water partition coefficient (Wildman–Crippen LogP) is 4.44. The summed E-state index contributed by atoms with van der Waals surface area (Å²) in [4.78, 5) is 14.5. The Morgan fingerprint density at radius 3 is 2.64 bits per heavy atom. The molecule has 1 aliphatic heterocycles. The summed E-state index contributed by atoms with van der Waals surface area (Å²) in [5.74, 6) is -0.258. The molecule has 3 aromatic rings. The van der Waals surface area contributed by atoms with E-state index in [-0.39, 0.29) is 11.8 Å². The highest BCUT2D eigenvalue weighted by molar-refractivity contribution is 6.01. The Hall–Kier alpha value is -3.03. The minimum Gasteiger partial charge on any atom is -0.371 e. The summed E-state index contributed by atoms with van der Waals surface area (Å²) in [6.45, 7) is 1.07. The number of hydrogen-bond acceptors (Lipinski definition) is 3. The van der Waals surface area contributed by atoms with Crippen LogP contribution in [0, 0.1) is 5.92 Å². The number of carbonyl (C=O) groups excluding carboxylic acids is 1. The number of benzene rings is 2. The van der Waals surface area contributed by atoms with Crippen LogP contribution in [0.3, 0.4) is 0 Å². The fraction of sp³-hybridized carbons (Fsp3) is 0.300. The van der Waals surface area contributed by atoms with Gasteiger partial charge in [0.2, 0.25) is 5.91 Å². The van der Waals surface area contributed by atoms with Crippen LogP contribution in [0.2, 0.25) is 0 Å². The van der Waals surface area contributed by atoms with Gasteiger partial charge in [-0.15, -0.1) is 0 Å². The Balaban J connectivity index is 1.40. The van der Waals surface area contributed by atoms with E-state index in [9.17, 15) is 18.0 Å². The third-order valence-electron chi connectivity index (χ3n) is 5.14. The van der Waals surface area contributed by atoms with Gasteiger partial charge in [0, 0.05) is 30.1 Å². The summed E-state index contributed by atoms with van der Waals surface area (Å²) in [5, 5.41) is 10.7. The third kappa shape index (κ3) is 3.67. The van der Waals surface area contributed by atoms with E-state index in [1.54, 1.807) is 12.3 Å². The van der Waals surface area contributed by atoms with Crippen LogP contribution in [0.25, 0.3) is 10.9 Å². The average molecular weight is 388 g/mol. The highest BCUT2D eigenvalue weighted by Crippen LogP contribution is 2.33. The number of rotatable bonds is 3. The lowest BCUT2D eigenvalue weighted by Gasteiger charge is -2.33. The first-order valence-electron chi connectivity index (χ1n) is 9.07. The maximum absolute atomic E-state index is 12.9. The molecule has 28 heavy (non-hydrogen) atoms. The second-order valence-electron chi connectivity index (χ2n) is 6.94. The lowest BCUT2D eigenvalue weighted by atomic mass is 9.95. The van der Waals surface area contributed by atoms with Gasteiger partial charge in [0.05, 0.1) is 23.0 Å². The topological polar surface area (TPSA) is 61.0 Å². The van der Waals surface area contributed by atoms with E-state index >= 15 is 0 Å². The number of carbonyl (C=O) groups is 1. The molecule has 146 valence electrons. The highest BCUT2D eigenvalue weighted by Gasteiger charge is 2.31. The van der Waals surface area contributed by atoms with E-state index in [2.05, 4.69) is 15.5 Å². The minimum atomic E-state index is -4.36. The van der Waals surface area contributed by atoms with Gasteiger partial charge >= 0.3 is 6.18 Å². The molecular formula is C20H19F3N4O. The minimum absolute atomic E-state index is 0.0780. The first-order chi connectivity index (χ1) is 13.4. The normalized spacial score (nSPS) is 15.8. The number of fused-ring (bicyclic) bond motifs is 1. The van der Waals surface area contributed by atoms with Crippen molar-refractivity contribution >= 4 is 28.2 Å². The van der Waals surface area contributed by atoms with Gasteiger partial charge in [0.15, 0.2) is 0 Å². The number of piperidine rings is 1. The molecule has 0 saturated carbocycles. The van der Waals surface area contributed by atoms with Crippen LogP contribution in [-0.2, 0) is 11.0 Å². The number of alkyl halides is 3. The number of amides is 1. The summed E-state index contributed by atoms with van der Waals surface area (Å²) >= 11 is 0. The number of nitrogens with one attached hydrogen (secondary N) is 2. The van der Waals surface area contributed by atoms with Crippen LogP contribution in [-0.4, -0.2) is 29.2 Å². The molecule has 2 heterocycles. The fourth-order valence-corrected chi connectivity index (χ4v) is 3.59. The second-order valence-corrected chi connectivity index (χ2v) is 6.94. The third-order valence-corrected chi connectivity index (χ3v) is 5.14. The van der Waals surface area contributed by atoms with E-state index in [1.165, 1.54) is 12.1 Å². The molecule has 0 unspecified atom stereocenters. The zero-order valence-electron chi connectivity index (χ0n) is 15.0. The van der Waals surface area contributed by atoms with Gasteiger partial charge in [-0.25, -0.2) is 0 Å². The molecule has 4 rings (SSSR count). The van der Waals surface area contributed by atoms with Crippen LogP contribution in [0.1, 0.15) is 18.4 Å². The van der Waals surface area contributed by atoms with Gasteiger partial charge in [-0.1, -0.05) is 18.2 Å². The molecule has 0 radical (unpaired) electrons. The zero-order chi connectivity index (χ0) is 19.7. The summed E-state index contributed by atoms with van der Waals surface area (Å²) in [5.41, 5.74) is 1.34. The van der Waals surface area contributed by atoms with Crippen molar-refractivity contribution in [3.8, 4) is 0 Å². The van der Waals surface area contributed by atoms with E-state index in [4.69, 9.17) is 0 Å². The lowest BCUT2D eigenvalue weighted by Crippen LogP contribution is -2.38. The number of anilines is 2. The van der Waals surface area contributed by atoms with Crippen molar-refractivity contribution in [1.82, 2.24) is 10.2 Å². The van der Waals surface area contributed by atoms with Gasteiger partial charge < -0.3 is 10.2 Å². The standard InChI is InChI=1S/C20H19F3N4O/c21-20(22,23)15-4-2-5-16(11-15)27-9-7-13(8-10-27)19(28)25-17-6-1-3-14-12-24-26-18(14)17/h1-6,11-13H,7-10H2,(H,24,26)(H,25,28). The number of para-hydroxylation sites is 1. The van der Waals surface area contributed by atoms with Gasteiger partial charge in [0.1, 0.15) is 0 Å². The second kappa shape index (κ2) is 7.18. The molecule has 1 aromatic heterocycles. The predicted molar refractivity (Wildman–Crippen MR) is 101 cm³/mol. The first kappa shape index (κ1) is 18.3. The van der Waals surface area contributed by atoms with Gasteiger partial charge in [-0.05, 0) is 37.1 Å². The van der Waals surface area contributed by atoms with Crippen molar-refractivity contribution in [2.24, 2.45) is 5.92 Å². The Morgan fingerprint density at radius 2 is 1.89 bits per heavy atom. The lowest BCUT2D eigenvalue weighted by molar-refractivity contribution is -0.137. The molecule has 1 aliphatic rings. The number of halogens is 3. The zero-order valence-corrected chi connectivity index (χ0v) is 15.0. The Labute approximate surface area is 159 Å². The number of aromatic amines is 1. The van der Waals surface area contributed by atoms with Crippen molar-refractivity contribution < 1.29 is 18.0 Å². The Morgan fingerprint density at radius 1 is 1.14 bits per heavy atom. The summed E-state index contributed by atoms with van der Waals surface area (Å²) in [6, 6.07) is 10.9. The van der Waals surface area contributed by atoms with Crippen molar-refractivity contribution in [3.63, 3.8) is 0 Å². The van der Waals surface area contributed by atoms with Gasteiger partial charge in [-0.3, -0.25) is 9.89 Å². The van der Waals surface area contributed by atoms with E-state index in [0.717, 1.165) is 17.0 Å². The fourth-order valence-electron chi connectivity index (χ4n) is 3.59. The van der Waals surface area contributed by atoms with Crippen molar-refractivity contribution in [2.45, 2.75) is 19.0 Å². The van der Waals surface area contributed by atoms with E-state index < -0.39 is 11.7 Å². The molecule has 1 amide bonds. The average Bonchev–Trinajstić information content (AvgIpc) is 3.17. The van der Waals surface area contributed by atoms with Crippen LogP contribution in [0.5, 0.6) is 0 Å². The summed E-state index contributed by atoms with van der Waals surface area (Å²) < 4.78 is 38.8. The molecule has 2 N–H and O–H groups in total. The Kier molecular flexibility index (Phi) is 4.70.